The highest BCUT2D eigenvalue weighted by molar-refractivity contribution is 9.10. The summed E-state index contributed by atoms with van der Waals surface area (Å²) < 4.78 is 14.2. The predicted molar refractivity (Wildman–Crippen MR) is 67.5 cm³/mol. The molecule has 1 saturated heterocycles. The first kappa shape index (κ1) is 12.5. The molecule has 0 aromatic heterocycles. The molecule has 3 nitrogen and oxygen atoms in total. The Morgan fingerprint density at radius 2 is 2.35 bits per heavy atom. The lowest BCUT2D eigenvalue weighted by Gasteiger charge is -2.13. The number of nitrogens with zero attached hydrogens (tertiary/aromatic N) is 1. The lowest BCUT2D eigenvalue weighted by atomic mass is 10.1. The number of amides is 1. The zero-order valence-electron chi connectivity index (χ0n) is 9.54. The van der Waals surface area contributed by atoms with Gasteiger partial charge in [0.05, 0.1) is 5.56 Å². The van der Waals surface area contributed by atoms with E-state index in [0.717, 1.165) is 19.5 Å². The van der Waals surface area contributed by atoms with E-state index in [2.05, 4.69) is 26.1 Å². The van der Waals surface area contributed by atoms with Gasteiger partial charge >= 0.3 is 0 Å². The van der Waals surface area contributed by atoms with Crippen molar-refractivity contribution in [2.75, 3.05) is 20.1 Å². The highest BCUT2D eigenvalue weighted by atomic mass is 79.9. The molecule has 1 heterocycles. The zero-order valence-corrected chi connectivity index (χ0v) is 11.1. The number of hydrogen-bond donors (Lipinski definition) is 1. The largest absolute Gasteiger partial charge is 0.348 e. The number of halogens is 2. The smallest absolute Gasteiger partial charge is 0.254 e. The Balaban J connectivity index is 2.06. The molecule has 1 N–H and O–H groups in total. The molecule has 1 aliphatic rings. The lowest BCUT2D eigenvalue weighted by molar-refractivity contribution is 0.0934. The van der Waals surface area contributed by atoms with E-state index in [1.165, 1.54) is 12.1 Å². The second-order valence-electron chi connectivity index (χ2n) is 4.35. The molecular weight excluding hydrogens is 287 g/mol. The molecule has 1 fully saturated rings. The molecule has 0 aliphatic carbocycles. The Labute approximate surface area is 108 Å². The van der Waals surface area contributed by atoms with Gasteiger partial charge in [0.25, 0.3) is 5.91 Å². The fourth-order valence-electron chi connectivity index (χ4n) is 1.99. The van der Waals surface area contributed by atoms with Crippen LogP contribution in [-0.4, -0.2) is 37.0 Å². The molecule has 1 amide bonds. The van der Waals surface area contributed by atoms with Crippen LogP contribution < -0.4 is 5.32 Å². The molecule has 0 saturated carbocycles. The van der Waals surface area contributed by atoms with Crippen LogP contribution >= 0.6 is 15.9 Å². The van der Waals surface area contributed by atoms with Crippen molar-refractivity contribution in [1.82, 2.24) is 10.2 Å². The van der Waals surface area contributed by atoms with E-state index in [1.54, 1.807) is 6.07 Å². The van der Waals surface area contributed by atoms with Crippen LogP contribution in [0.2, 0.25) is 0 Å². The Bertz CT molecular complexity index is 439. The van der Waals surface area contributed by atoms with Gasteiger partial charge in [0.2, 0.25) is 0 Å². The minimum Gasteiger partial charge on any atom is -0.348 e. The number of likely N-dealkylation sites (tertiary alicyclic amines) is 1. The molecule has 0 bridgehead atoms. The summed E-state index contributed by atoms with van der Waals surface area (Å²) in [6, 6.07) is 4.49. The minimum absolute atomic E-state index is 0.0916. The van der Waals surface area contributed by atoms with Gasteiger partial charge in [-0.05, 0) is 38.2 Å². The summed E-state index contributed by atoms with van der Waals surface area (Å²) in [5.41, 5.74) is 0.0916. The molecule has 1 aromatic rings. The highest BCUT2D eigenvalue weighted by Crippen LogP contribution is 2.16. The van der Waals surface area contributed by atoms with Gasteiger partial charge < -0.3 is 10.2 Å². The number of likely N-dealkylation sites (N-methyl/N-ethyl adjacent to an activating group) is 1. The molecule has 0 radical (unpaired) electrons. The maximum Gasteiger partial charge on any atom is 0.254 e. The predicted octanol–water partition coefficient (Wildman–Crippen LogP) is 2.02. The van der Waals surface area contributed by atoms with E-state index in [0.29, 0.717) is 4.47 Å². The Morgan fingerprint density at radius 3 is 3.00 bits per heavy atom. The minimum atomic E-state index is -0.489. The average molecular weight is 301 g/mol. The third-order valence-corrected chi connectivity index (χ3v) is 3.39. The summed E-state index contributed by atoms with van der Waals surface area (Å²) in [7, 11) is 2.01. The van der Waals surface area contributed by atoms with Crippen LogP contribution in [0.15, 0.2) is 22.7 Å². The monoisotopic (exact) mass is 300 g/mol. The number of carbonyl (C=O) groups is 1. The number of nitrogens with one attached hydrogen (secondary N) is 1. The van der Waals surface area contributed by atoms with Gasteiger partial charge in [0, 0.05) is 17.1 Å². The van der Waals surface area contributed by atoms with Gasteiger partial charge in [-0.2, -0.15) is 0 Å². The number of carbonyl (C=O) groups excluding carboxylic acids is 1. The summed E-state index contributed by atoms with van der Waals surface area (Å²) in [6.07, 6.45) is 0.915. The first-order valence-electron chi connectivity index (χ1n) is 5.50. The number of hydrogen-bond acceptors (Lipinski definition) is 2. The van der Waals surface area contributed by atoms with E-state index >= 15 is 0 Å². The average Bonchev–Trinajstić information content (AvgIpc) is 2.67. The molecule has 1 unspecified atom stereocenters. The van der Waals surface area contributed by atoms with E-state index in [4.69, 9.17) is 0 Å². The van der Waals surface area contributed by atoms with Crippen LogP contribution in [0.5, 0.6) is 0 Å². The Hall–Kier alpha value is -0.940. The number of rotatable bonds is 2. The SMILES string of the molecule is CN1CCC(NC(=O)c2cc(Br)ccc2F)C1. The molecule has 5 heteroatoms. The van der Waals surface area contributed by atoms with Crippen molar-refractivity contribution in [2.45, 2.75) is 12.5 Å². The molecule has 0 spiro atoms. The summed E-state index contributed by atoms with van der Waals surface area (Å²) in [4.78, 5) is 14.0. The molecular formula is C12H14BrFN2O. The van der Waals surface area contributed by atoms with Crippen molar-refractivity contribution >= 4 is 21.8 Å². The maximum absolute atomic E-state index is 13.5. The summed E-state index contributed by atoms with van der Waals surface area (Å²) in [5.74, 6) is -0.832. The van der Waals surface area contributed by atoms with Crippen molar-refractivity contribution in [2.24, 2.45) is 0 Å². The molecule has 1 aliphatic heterocycles. The number of benzene rings is 1. The Kier molecular flexibility index (Phi) is 3.79. The van der Waals surface area contributed by atoms with Gasteiger partial charge in [-0.1, -0.05) is 15.9 Å². The van der Waals surface area contributed by atoms with E-state index in [1.807, 2.05) is 7.05 Å². The standard InChI is InChI=1S/C12H14BrFN2O/c1-16-5-4-9(7-16)15-12(17)10-6-8(13)2-3-11(10)14/h2-3,6,9H,4-5,7H2,1H3,(H,15,17). The van der Waals surface area contributed by atoms with Gasteiger partial charge in [-0.15, -0.1) is 0 Å². The van der Waals surface area contributed by atoms with E-state index < -0.39 is 5.82 Å². The van der Waals surface area contributed by atoms with Crippen LogP contribution in [-0.2, 0) is 0 Å². The highest BCUT2D eigenvalue weighted by Gasteiger charge is 2.22. The lowest BCUT2D eigenvalue weighted by Crippen LogP contribution is -2.36. The molecule has 1 atom stereocenters. The van der Waals surface area contributed by atoms with Crippen LogP contribution in [0.3, 0.4) is 0 Å². The van der Waals surface area contributed by atoms with Crippen molar-refractivity contribution in [1.29, 1.82) is 0 Å². The molecule has 17 heavy (non-hydrogen) atoms. The first-order chi connectivity index (χ1) is 8.06. The summed E-state index contributed by atoms with van der Waals surface area (Å²) in [5, 5.41) is 2.85. The van der Waals surface area contributed by atoms with Gasteiger partial charge in [0.15, 0.2) is 0 Å². The van der Waals surface area contributed by atoms with Crippen LogP contribution in [0.25, 0.3) is 0 Å². The summed E-state index contributed by atoms with van der Waals surface area (Å²) in [6.45, 7) is 1.78. The van der Waals surface area contributed by atoms with Gasteiger partial charge in [-0.3, -0.25) is 4.79 Å². The third kappa shape index (κ3) is 3.04. The molecule has 92 valence electrons. The summed E-state index contributed by atoms with van der Waals surface area (Å²) >= 11 is 3.23. The van der Waals surface area contributed by atoms with Gasteiger partial charge in [-0.25, -0.2) is 4.39 Å². The normalized spacial score (nSPS) is 20.5. The topological polar surface area (TPSA) is 32.3 Å². The van der Waals surface area contributed by atoms with Crippen molar-refractivity contribution < 1.29 is 9.18 Å². The quantitative estimate of drug-likeness (QED) is 0.906. The van der Waals surface area contributed by atoms with Crippen LogP contribution in [0.4, 0.5) is 4.39 Å². The van der Waals surface area contributed by atoms with E-state index in [-0.39, 0.29) is 17.5 Å². The second kappa shape index (κ2) is 5.14. The van der Waals surface area contributed by atoms with Crippen molar-refractivity contribution in [3.05, 3.63) is 34.1 Å². The second-order valence-corrected chi connectivity index (χ2v) is 5.26. The molecule has 2 rings (SSSR count). The fraction of sp³-hybridized carbons (Fsp3) is 0.417. The third-order valence-electron chi connectivity index (χ3n) is 2.90. The van der Waals surface area contributed by atoms with E-state index in [9.17, 15) is 9.18 Å². The van der Waals surface area contributed by atoms with Gasteiger partial charge in [0.1, 0.15) is 5.82 Å². The van der Waals surface area contributed by atoms with Crippen LogP contribution in [0.1, 0.15) is 16.8 Å². The van der Waals surface area contributed by atoms with Crippen molar-refractivity contribution in [3.63, 3.8) is 0 Å². The zero-order chi connectivity index (χ0) is 12.4. The van der Waals surface area contributed by atoms with Crippen LogP contribution in [0, 0.1) is 5.82 Å². The fourth-order valence-corrected chi connectivity index (χ4v) is 2.35. The first-order valence-corrected chi connectivity index (χ1v) is 6.30. The molecule has 1 aromatic carbocycles. The Morgan fingerprint density at radius 1 is 1.59 bits per heavy atom. The maximum atomic E-state index is 13.5. The van der Waals surface area contributed by atoms with Crippen molar-refractivity contribution in [3.8, 4) is 0 Å².